The van der Waals surface area contributed by atoms with Crippen LogP contribution in [0.5, 0.6) is 34.5 Å². The van der Waals surface area contributed by atoms with Gasteiger partial charge >= 0.3 is 0 Å². The number of ether oxygens (including phenoxy) is 6. The maximum atomic E-state index is 7.42. The molecule has 3 aromatic heterocycles. The Kier molecular flexibility index (Phi) is 21.4. The first kappa shape index (κ1) is 73.5. The monoisotopic (exact) mass is 1340 g/mol. The predicted molar refractivity (Wildman–Crippen MR) is 404 cm³/mol. The van der Waals surface area contributed by atoms with Crippen molar-refractivity contribution in [3.05, 3.63) is 228 Å². The minimum atomic E-state index is -0.243. The van der Waals surface area contributed by atoms with Gasteiger partial charge in [-0.05, 0) is 153 Å². The summed E-state index contributed by atoms with van der Waals surface area (Å²) in [5.74, 6) is 7.61. The average Bonchev–Trinajstić information content (AvgIpc) is 1.76. The second-order valence-electron chi connectivity index (χ2n) is 33.8. The van der Waals surface area contributed by atoms with Crippen LogP contribution in [0, 0.1) is 0 Å². The van der Waals surface area contributed by atoms with Crippen LogP contribution in [0.3, 0.4) is 0 Å². The van der Waals surface area contributed by atoms with Gasteiger partial charge in [0.1, 0.15) is 71.8 Å². The van der Waals surface area contributed by atoms with Crippen LogP contribution in [0.15, 0.2) is 110 Å². The first-order chi connectivity index (χ1) is 46.4. The van der Waals surface area contributed by atoms with Crippen LogP contribution in [-0.4, -0.2) is 48.5 Å². The van der Waals surface area contributed by atoms with E-state index in [1.807, 2.05) is 72.0 Å². The van der Waals surface area contributed by atoms with Crippen LogP contribution in [0.2, 0.25) is 0 Å². The van der Waals surface area contributed by atoms with E-state index in [9.17, 15) is 0 Å². The van der Waals surface area contributed by atoms with Crippen LogP contribution in [0.1, 0.15) is 263 Å². The number of imidazole rings is 3. The third-order valence-corrected chi connectivity index (χ3v) is 19.6. The van der Waals surface area contributed by atoms with E-state index in [2.05, 4.69) is 218 Å². The summed E-state index contributed by atoms with van der Waals surface area (Å²) < 4.78 is 49.9. The highest BCUT2D eigenvalue weighted by Gasteiger charge is 2.32. The normalized spacial score (nSPS) is 13.5. The van der Waals surface area contributed by atoms with Crippen molar-refractivity contribution >= 4 is 0 Å². The van der Waals surface area contributed by atoms with E-state index in [1.54, 1.807) is 0 Å². The topological polar surface area (TPSA) is 109 Å². The molecule has 0 aliphatic heterocycles. The molecule has 9 aromatic rings. The molecule has 12 heteroatoms. The maximum absolute atomic E-state index is 7.42. The number of benzene rings is 6. The van der Waals surface area contributed by atoms with Crippen LogP contribution in [-0.2, 0) is 112 Å². The summed E-state index contributed by atoms with van der Waals surface area (Å²) in [4.78, 5) is 14.5. The van der Waals surface area contributed by atoms with E-state index in [0.717, 1.165) is 119 Å². The fraction of sp³-hybridized carbons (Fsp3) is 0.483. The van der Waals surface area contributed by atoms with E-state index in [1.165, 1.54) is 33.4 Å². The van der Waals surface area contributed by atoms with Gasteiger partial charge in [-0.3, -0.25) is 0 Å². The third kappa shape index (κ3) is 17.0. The molecule has 0 saturated heterocycles. The Labute approximate surface area is 593 Å². The molecule has 0 saturated carbocycles. The van der Waals surface area contributed by atoms with E-state index in [0.29, 0.717) is 58.3 Å². The van der Waals surface area contributed by atoms with Crippen molar-refractivity contribution < 1.29 is 28.4 Å². The Bertz CT molecular complexity index is 3770. The molecule has 12 bridgehead atoms. The SMILES string of the molecule is CCOc1c2cc(C(C)(C)C)cc1Cc1cc(C(C)(C)C)cc(c1OCc1nccn1C)Cc1cc(C(C)(C)C)cc(c1OCC)Cc1cc(C(C)(C)C)cc(c1OCc1nccn1C)Cc1cc(C(C)(C)C)cc(c1OCC)Cc1cc(C(C)(C)C)cc(c1OCc1nccn1C)C2. The van der Waals surface area contributed by atoms with Gasteiger partial charge in [0.25, 0.3) is 0 Å². The average molecular weight is 1340 g/mol. The first-order valence-corrected chi connectivity index (χ1v) is 36.0. The minimum absolute atomic E-state index is 0.236. The molecule has 0 spiro atoms. The van der Waals surface area contributed by atoms with E-state index < -0.39 is 0 Å². The van der Waals surface area contributed by atoms with Crippen molar-refractivity contribution in [2.75, 3.05) is 19.8 Å². The number of aryl methyl sites for hydroxylation is 3. The maximum Gasteiger partial charge on any atom is 0.146 e. The Balaban J connectivity index is 1.37. The van der Waals surface area contributed by atoms with Crippen molar-refractivity contribution in [2.24, 2.45) is 21.1 Å². The lowest BCUT2D eigenvalue weighted by Crippen LogP contribution is -2.18. The zero-order valence-electron chi connectivity index (χ0n) is 64.5. The number of rotatable bonds is 15. The van der Waals surface area contributed by atoms with Crippen molar-refractivity contribution in [2.45, 2.75) is 236 Å². The van der Waals surface area contributed by atoms with E-state index in [-0.39, 0.29) is 52.3 Å². The summed E-state index contributed by atoms with van der Waals surface area (Å²) in [5.41, 5.74) is 18.8. The summed E-state index contributed by atoms with van der Waals surface area (Å²) in [5, 5.41) is 0. The molecule has 1 aliphatic rings. The third-order valence-electron chi connectivity index (χ3n) is 19.6. The highest BCUT2D eigenvalue weighted by molar-refractivity contribution is 5.62. The highest BCUT2D eigenvalue weighted by Crippen LogP contribution is 2.47. The van der Waals surface area contributed by atoms with Crippen LogP contribution in [0.4, 0.5) is 0 Å². The molecule has 0 amide bonds. The summed E-state index contributed by atoms with van der Waals surface area (Å²) in [6, 6.07) is 28.8. The highest BCUT2D eigenvalue weighted by atomic mass is 16.5. The number of hydrogen-bond donors (Lipinski definition) is 0. The van der Waals surface area contributed by atoms with Crippen molar-refractivity contribution in [3.63, 3.8) is 0 Å². The second-order valence-corrected chi connectivity index (χ2v) is 33.8. The number of fused-ring (bicyclic) bond motifs is 12. The van der Waals surface area contributed by atoms with Gasteiger partial charge in [-0.2, -0.15) is 0 Å². The smallest absolute Gasteiger partial charge is 0.146 e. The molecule has 0 N–H and O–H groups in total. The standard InChI is InChI=1S/C87H114N6O6/c1-25-94-76-55-34-61-46-70(85(13,14)15)48-63(79(61)97-52-73-88-28-31-91(73)22)36-57-42-68(83(7,8)9)44-59(77(57)95-26-2)38-65-50-72(87(19,20)21)51-66(81(65)99-54-75-90-30-33-93(75)24)39-60-45-69(84(10,11)12)43-58(78(60)96-27-3)37-64-49-71(86(16,17)18)47-62(35-56(76)41-67(40-55)82(4,5)6)80(64)98-53-74-89-29-32-92(74)23/h28-33,40-51H,25-27,34-39,52-54H2,1-24H3. The van der Waals surface area contributed by atoms with Crippen molar-refractivity contribution in [1.29, 1.82) is 0 Å². The molecule has 6 aromatic carbocycles. The lowest BCUT2D eigenvalue weighted by atomic mass is 9.79. The minimum Gasteiger partial charge on any atom is -0.493 e. The quantitative estimate of drug-likeness (QED) is 0.0991. The Hall–Kier alpha value is -8.25. The zero-order valence-corrected chi connectivity index (χ0v) is 64.5. The van der Waals surface area contributed by atoms with Crippen LogP contribution < -0.4 is 28.4 Å². The van der Waals surface area contributed by atoms with Gasteiger partial charge in [0, 0.05) is 96.8 Å². The van der Waals surface area contributed by atoms with Gasteiger partial charge in [0.2, 0.25) is 0 Å². The molecular weight excluding hydrogens is 1220 g/mol. The van der Waals surface area contributed by atoms with Gasteiger partial charge in [0.15, 0.2) is 0 Å². The largest absolute Gasteiger partial charge is 0.493 e. The van der Waals surface area contributed by atoms with Gasteiger partial charge in [-0.1, -0.05) is 197 Å². The number of nitrogens with zero attached hydrogens (tertiary/aromatic N) is 6. The zero-order chi connectivity index (χ0) is 71.9. The van der Waals surface area contributed by atoms with E-state index in [4.69, 9.17) is 43.4 Å². The molecule has 12 nitrogen and oxygen atoms in total. The molecule has 0 fully saturated rings. The lowest BCUT2D eigenvalue weighted by molar-refractivity contribution is 0.285. The van der Waals surface area contributed by atoms with E-state index >= 15 is 0 Å². The summed E-state index contributed by atoms with van der Waals surface area (Å²) >= 11 is 0. The van der Waals surface area contributed by atoms with Crippen molar-refractivity contribution in [3.8, 4) is 34.5 Å². The van der Waals surface area contributed by atoms with Gasteiger partial charge < -0.3 is 42.1 Å². The molecule has 0 unspecified atom stereocenters. The lowest BCUT2D eigenvalue weighted by Gasteiger charge is -2.29. The molecule has 99 heavy (non-hydrogen) atoms. The first-order valence-electron chi connectivity index (χ1n) is 36.0. The van der Waals surface area contributed by atoms with Gasteiger partial charge in [0.05, 0.1) is 19.8 Å². The summed E-state index contributed by atoms with van der Waals surface area (Å²) in [7, 11) is 6.10. The van der Waals surface area contributed by atoms with Crippen LogP contribution in [0.25, 0.3) is 0 Å². The second kappa shape index (κ2) is 28.8. The molecule has 3 heterocycles. The van der Waals surface area contributed by atoms with Crippen molar-refractivity contribution in [1.82, 2.24) is 28.7 Å². The molecule has 10 rings (SSSR count). The predicted octanol–water partition coefficient (Wildman–Crippen LogP) is 19.5. The summed E-state index contributed by atoms with van der Waals surface area (Å²) in [6.07, 6.45) is 14.7. The Morgan fingerprint density at radius 2 is 0.414 bits per heavy atom. The number of aromatic nitrogens is 6. The molecule has 0 radical (unpaired) electrons. The molecule has 0 atom stereocenters. The summed E-state index contributed by atoms with van der Waals surface area (Å²) in [6.45, 7) is 50.2. The Morgan fingerprint density at radius 3 is 0.535 bits per heavy atom. The molecule has 1 aliphatic carbocycles. The number of hydrogen-bond acceptors (Lipinski definition) is 9. The van der Waals surface area contributed by atoms with Crippen LogP contribution >= 0.6 is 0 Å². The molecule has 528 valence electrons. The fourth-order valence-corrected chi connectivity index (χ4v) is 13.5. The van der Waals surface area contributed by atoms with Gasteiger partial charge in [-0.15, -0.1) is 0 Å². The fourth-order valence-electron chi connectivity index (χ4n) is 13.5. The molecular formula is C87H114N6O6. The van der Waals surface area contributed by atoms with Gasteiger partial charge in [-0.25, -0.2) is 15.0 Å². The Morgan fingerprint density at radius 1 is 0.263 bits per heavy atom.